The Bertz CT molecular complexity index is 593. The van der Waals surface area contributed by atoms with Crippen molar-refractivity contribution in [3.05, 3.63) is 63.6 Å². The summed E-state index contributed by atoms with van der Waals surface area (Å²) in [4.78, 5) is 2.36. The SMILES string of the molecule is CCN(c1ccc(C)cc1)C(CN)c1ccc(C)c(Br)c1. The van der Waals surface area contributed by atoms with E-state index < -0.39 is 0 Å². The molecular formula is C18H23BrN2. The van der Waals surface area contributed by atoms with E-state index in [1.54, 1.807) is 0 Å². The zero-order valence-electron chi connectivity index (χ0n) is 12.9. The van der Waals surface area contributed by atoms with Crippen LogP contribution in [-0.2, 0) is 0 Å². The number of rotatable bonds is 5. The highest BCUT2D eigenvalue weighted by Gasteiger charge is 2.18. The van der Waals surface area contributed by atoms with Crippen LogP contribution in [0.25, 0.3) is 0 Å². The first-order valence-electron chi connectivity index (χ1n) is 7.36. The van der Waals surface area contributed by atoms with Crippen LogP contribution >= 0.6 is 15.9 Å². The first-order valence-corrected chi connectivity index (χ1v) is 8.15. The summed E-state index contributed by atoms with van der Waals surface area (Å²) in [6.07, 6.45) is 0. The molecule has 0 saturated carbocycles. The number of aryl methyl sites for hydroxylation is 2. The number of likely N-dealkylation sites (N-methyl/N-ethyl adjacent to an activating group) is 1. The molecule has 0 radical (unpaired) electrons. The highest BCUT2D eigenvalue weighted by atomic mass is 79.9. The Balaban J connectivity index is 2.36. The molecule has 2 aromatic carbocycles. The first kappa shape index (κ1) is 16.1. The smallest absolute Gasteiger partial charge is 0.0665 e. The quantitative estimate of drug-likeness (QED) is 0.857. The lowest BCUT2D eigenvalue weighted by molar-refractivity contribution is 0.643. The number of hydrogen-bond acceptors (Lipinski definition) is 2. The number of nitrogens with zero attached hydrogens (tertiary/aromatic N) is 1. The van der Waals surface area contributed by atoms with Gasteiger partial charge in [0.15, 0.2) is 0 Å². The van der Waals surface area contributed by atoms with Gasteiger partial charge in [0.05, 0.1) is 6.04 Å². The molecule has 0 spiro atoms. The van der Waals surface area contributed by atoms with Crippen LogP contribution in [-0.4, -0.2) is 13.1 Å². The van der Waals surface area contributed by atoms with Crippen LogP contribution in [0.4, 0.5) is 5.69 Å². The highest BCUT2D eigenvalue weighted by molar-refractivity contribution is 9.10. The van der Waals surface area contributed by atoms with Crippen molar-refractivity contribution in [3.63, 3.8) is 0 Å². The van der Waals surface area contributed by atoms with E-state index in [0.29, 0.717) is 6.54 Å². The number of hydrogen-bond donors (Lipinski definition) is 1. The van der Waals surface area contributed by atoms with Crippen LogP contribution in [0.5, 0.6) is 0 Å². The van der Waals surface area contributed by atoms with Gasteiger partial charge in [-0.1, -0.05) is 45.8 Å². The molecule has 2 aromatic rings. The molecule has 0 heterocycles. The topological polar surface area (TPSA) is 29.3 Å². The molecule has 0 bridgehead atoms. The van der Waals surface area contributed by atoms with E-state index in [1.807, 2.05) is 0 Å². The molecule has 2 nitrogen and oxygen atoms in total. The van der Waals surface area contributed by atoms with Gasteiger partial charge in [-0.05, 0) is 50.1 Å². The summed E-state index contributed by atoms with van der Waals surface area (Å²) in [6.45, 7) is 7.90. The third kappa shape index (κ3) is 3.66. The predicted molar refractivity (Wildman–Crippen MR) is 94.9 cm³/mol. The Morgan fingerprint density at radius 3 is 2.29 bits per heavy atom. The molecule has 0 fully saturated rings. The van der Waals surface area contributed by atoms with Crippen molar-refractivity contribution in [3.8, 4) is 0 Å². The van der Waals surface area contributed by atoms with E-state index in [-0.39, 0.29) is 6.04 Å². The van der Waals surface area contributed by atoms with Crippen molar-refractivity contribution >= 4 is 21.6 Å². The Hall–Kier alpha value is -1.32. The van der Waals surface area contributed by atoms with Crippen molar-refractivity contribution in [2.24, 2.45) is 5.73 Å². The van der Waals surface area contributed by atoms with Crippen LogP contribution in [0.1, 0.15) is 29.7 Å². The van der Waals surface area contributed by atoms with Crippen molar-refractivity contribution in [1.29, 1.82) is 0 Å². The van der Waals surface area contributed by atoms with Crippen molar-refractivity contribution in [2.75, 3.05) is 18.0 Å². The number of anilines is 1. The normalized spacial score (nSPS) is 12.2. The summed E-state index contributed by atoms with van der Waals surface area (Å²) in [5, 5.41) is 0. The highest BCUT2D eigenvalue weighted by Crippen LogP contribution is 2.29. The summed E-state index contributed by atoms with van der Waals surface area (Å²) in [7, 11) is 0. The molecule has 1 unspecified atom stereocenters. The minimum absolute atomic E-state index is 0.189. The van der Waals surface area contributed by atoms with E-state index in [0.717, 1.165) is 11.0 Å². The van der Waals surface area contributed by atoms with Gasteiger partial charge in [-0.3, -0.25) is 0 Å². The molecule has 21 heavy (non-hydrogen) atoms. The van der Waals surface area contributed by atoms with Gasteiger partial charge in [0.2, 0.25) is 0 Å². The maximum absolute atomic E-state index is 6.08. The van der Waals surface area contributed by atoms with E-state index in [9.17, 15) is 0 Å². The zero-order chi connectivity index (χ0) is 15.4. The van der Waals surface area contributed by atoms with Crippen LogP contribution in [0.15, 0.2) is 46.9 Å². The van der Waals surface area contributed by atoms with E-state index in [2.05, 4.69) is 84.1 Å². The fourth-order valence-electron chi connectivity index (χ4n) is 2.58. The average Bonchev–Trinajstić information content (AvgIpc) is 2.49. The molecule has 0 saturated heterocycles. The maximum atomic E-state index is 6.08. The van der Waals surface area contributed by atoms with Crippen molar-refractivity contribution in [1.82, 2.24) is 0 Å². The minimum Gasteiger partial charge on any atom is -0.363 e. The molecule has 0 aromatic heterocycles. The largest absolute Gasteiger partial charge is 0.363 e. The Labute approximate surface area is 136 Å². The Kier molecular flexibility index (Phi) is 5.43. The third-order valence-electron chi connectivity index (χ3n) is 3.89. The molecule has 2 rings (SSSR count). The molecule has 1 atom stereocenters. The fraction of sp³-hybridized carbons (Fsp3) is 0.333. The van der Waals surface area contributed by atoms with E-state index in [1.165, 1.54) is 22.4 Å². The summed E-state index contributed by atoms with van der Waals surface area (Å²) in [6, 6.07) is 15.3. The van der Waals surface area contributed by atoms with Gasteiger partial charge in [0.25, 0.3) is 0 Å². The standard InChI is InChI=1S/C18H23BrN2/c1-4-21(16-9-5-13(2)6-10-16)18(12-20)15-8-7-14(3)17(19)11-15/h5-11,18H,4,12,20H2,1-3H3. The molecule has 0 aliphatic carbocycles. The van der Waals surface area contributed by atoms with E-state index >= 15 is 0 Å². The summed E-state index contributed by atoms with van der Waals surface area (Å²) >= 11 is 3.62. The second kappa shape index (κ2) is 7.10. The second-order valence-corrected chi connectivity index (χ2v) is 6.24. The summed E-state index contributed by atoms with van der Waals surface area (Å²) < 4.78 is 1.14. The van der Waals surface area contributed by atoms with Crippen LogP contribution < -0.4 is 10.6 Å². The van der Waals surface area contributed by atoms with Gasteiger partial charge in [-0.15, -0.1) is 0 Å². The lowest BCUT2D eigenvalue weighted by Crippen LogP contribution is -2.33. The number of benzene rings is 2. The minimum atomic E-state index is 0.189. The summed E-state index contributed by atoms with van der Waals surface area (Å²) in [5.41, 5.74) is 11.1. The van der Waals surface area contributed by atoms with Gasteiger partial charge in [-0.25, -0.2) is 0 Å². The lowest BCUT2D eigenvalue weighted by Gasteiger charge is -2.32. The second-order valence-electron chi connectivity index (χ2n) is 5.38. The maximum Gasteiger partial charge on any atom is 0.0665 e. The van der Waals surface area contributed by atoms with Crippen LogP contribution in [0.3, 0.4) is 0 Å². The zero-order valence-corrected chi connectivity index (χ0v) is 14.5. The average molecular weight is 347 g/mol. The van der Waals surface area contributed by atoms with Crippen molar-refractivity contribution < 1.29 is 0 Å². The van der Waals surface area contributed by atoms with E-state index in [4.69, 9.17) is 5.73 Å². The van der Waals surface area contributed by atoms with Gasteiger partial charge in [0, 0.05) is 23.2 Å². The lowest BCUT2D eigenvalue weighted by atomic mass is 10.0. The monoisotopic (exact) mass is 346 g/mol. The van der Waals surface area contributed by atoms with Crippen LogP contribution in [0.2, 0.25) is 0 Å². The molecular weight excluding hydrogens is 324 g/mol. The van der Waals surface area contributed by atoms with Crippen molar-refractivity contribution in [2.45, 2.75) is 26.8 Å². The predicted octanol–water partition coefficient (Wildman–Crippen LogP) is 4.59. The molecule has 3 heteroatoms. The van der Waals surface area contributed by atoms with Gasteiger partial charge in [-0.2, -0.15) is 0 Å². The Morgan fingerprint density at radius 1 is 1.10 bits per heavy atom. The van der Waals surface area contributed by atoms with Gasteiger partial charge >= 0.3 is 0 Å². The fourth-order valence-corrected chi connectivity index (χ4v) is 2.98. The molecule has 2 N–H and O–H groups in total. The molecule has 112 valence electrons. The number of nitrogens with two attached hydrogens (primary N) is 1. The molecule has 0 aliphatic rings. The molecule has 0 amide bonds. The summed E-state index contributed by atoms with van der Waals surface area (Å²) in [5.74, 6) is 0. The van der Waals surface area contributed by atoms with Gasteiger partial charge in [0.1, 0.15) is 0 Å². The van der Waals surface area contributed by atoms with Crippen LogP contribution in [0, 0.1) is 13.8 Å². The number of halogens is 1. The van der Waals surface area contributed by atoms with Gasteiger partial charge < -0.3 is 10.6 Å². The Morgan fingerprint density at radius 2 is 1.76 bits per heavy atom. The first-order chi connectivity index (χ1) is 10.1. The third-order valence-corrected chi connectivity index (χ3v) is 4.74. The molecule has 0 aliphatic heterocycles.